The summed E-state index contributed by atoms with van der Waals surface area (Å²) in [6.45, 7) is 0. The lowest BCUT2D eigenvalue weighted by molar-refractivity contribution is -0.141. The number of carboxylic acid groups (broad SMARTS) is 1. The van der Waals surface area contributed by atoms with Crippen molar-refractivity contribution in [1.82, 2.24) is 4.90 Å². The number of rotatable bonds is 2. The number of carboxylic acids is 1. The normalized spacial score (nSPS) is 28.0. The quantitative estimate of drug-likeness (QED) is 0.879. The number of benzene rings is 1. The van der Waals surface area contributed by atoms with Crippen molar-refractivity contribution < 1.29 is 14.7 Å². The van der Waals surface area contributed by atoms with Gasteiger partial charge in [0.25, 0.3) is 0 Å². The Kier molecular flexibility index (Phi) is 3.82. The zero-order valence-corrected chi connectivity index (χ0v) is 11.9. The highest BCUT2D eigenvalue weighted by molar-refractivity contribution is 5.93. The van der Waals surface area contributed by atoms with Crippen molar-refractivity contribution >= 4 is 17.7 Å². The largest absolute Gasteiger partial charge is 0.480 e. The molecule has 1 heterocycles. The summed E-state index contributed by atoms with van der Waals surface area (Å²) in [5, 5.41) is 12.2. The van der Waals surface area contributed by atoms with E-state index in [2.05, 4.69) is 5.32 Å². The minimum Gasteiger partial charge on any atom is -0.480 e. The molecular formula is C16H20N2O3. The van der Waals surface area contributed by atoms with Gasteiger partial charge in [0.2, 0.25) is 0 Å². The Balaban J connectivity index is 1.79. The first-order valence-corrected chi connectivity index (χ1v) is 7.54. The summed E-state index contributed by atoms with van der Waals surface area (Å²) in [7, 11) is 0. The molecule has 2 aliphatic rings. The maximum Gasteiger partial charge on any atom is 0.326 e. The molecule has 0 radical (unpaired) electrons. The molecule has 1 aliphatic carbocycles. The van der Waals surface area contributed by atoms with E-state index in [4.69, 9.17) is 0 Å². The number of carbonyl (C=O) groups excluding carboxylic acids is 1. The maximum absolute atomic E-state index is 12.5. The molecule has 112 valence electrons. The van der Waals surface area contributed by atoms with Crippen LogP contribution in [-0.2, 0) is 4.79 Å². The fourth-order valence-electron chi connectivity index (χ4n) is 3.68. The Morgan fingerprint density at radius 1 is 1.14 bits per heavy atom. The van der Waals surface area contributed by atoms with E-state index in [1.165, 1.54) is 0 Å². The average Bonchev–Trinajstić information content (AvgIpc) is 2.88. The van der Waals surface area contributed by atoms with Crippen LogP contribution in [0.4, 0.5) is 10.5 Å². The molecule has 2 amide bonds. The number of para-hydroxylation sites is 1. The molecule has 0 aromatic heterocycles. The number of nitrogens with one attached hydrogen (secondary N) is 1. The lowest BCUT2D eigenvalue weighted by Crippen LogP contribution is -2.48. The van der Waals surface area contributed by atoms with Crippen LogP contribution in [-0.4, -0.2) is 34.1 Å². The van der Waals surface area contributed by atoms with Crippen molar-refractivity contribution in [3.05, 3.63) is 30.3 Å². The van der Waals surface area contributed by atoms with Crippen LogP contribution >= 0.6 is 0 Å². The molecular weight excluding hydrogens is 268 g/mol. The molecule has 3 atom stereocenters. The summed E-state index contributed by atoms with van der Waals surface area (Å²) >= 11 is 0. The van der Waals surface area contributed by atoms with Crippen LogP contribution in [0.15, 0.2) is 30.3 Å². The van der Waals surface area contributed by atoms with Crippen molar-refractivity contribution in [3.63, 3.8) is 0 Å². The molecule has 5 heteroatoms. The van der Waals surface area contributed by atoms with E-state index in [0.29, 0.717) is 18.0 Å². The van der Waals surface area contributed by atoms with Gasteiger partial charge < -0.3 is 15.3 Å². The SMILES string of the molecule is O=C(O)[C@@H]1C[C@@H]2CCCC[C@@H]2N1C(=O)Nc1ccccc1. The Morgan fingerprint density at radius 3 is 2.57 bits per heavy atom. The van der Waals surface area contributed by atoms with Crippen LogP contribution < -0.4 is 5.32 Å². The minimum absolute atomic E-state index is 0.0727. The van der Waals surface area contributed by atoms with Gasteiger partial charge in [0, 0.05) is 11.7 Å². The second-order valence-corrected chi connectivity index (χ2v) is 5.91. The van der Waals surface area contributed by atoms with Gasteiger partial charge in [0.1, 0.15) is 6.04 Å². The molecule has 1 aromatic carbocycles. The lowest BCUT2D eigenvalue weighted by Gasteiger charge is -2.32. The highest BCUT2D eigenvalue weighted by atomic mass is 16.4. The van der Waals surface area contributed by atoms with Gasteiger partial charge in [-0.1, -0.05) is 31.0 Å². The molecule has 1 saturated heterocycles. The molecule has 1 saturated carbocycles. The molecule has 2 fully saturated rings. The molecule has 0 unspecified atom stereocenters. The van der Waals surface area contributed by atoms with Crippen LogP contribution in [0, 0.1) is 5.92 Å². The van der Waals surface area contributed by atoms with Crippen molar-refractivity contribution in [1.29, 1.82) is 0 Å². The average molecular weight is 288 g/mol. The second-order valence-electron chi connectivity index (χ2n) is 5.91. The summed E-state index contributed by atoms with van der Waals surface area (Å²) in [5.74, 6) is -0.561. The lowest BCUT2D eigenvalue weighted by atomic mass is 9.85. The highest BCUT2D eigenvalue weighted by Crippen LogP contribution is 2.40. The fourth-order valence-corrected chi connectivity index (χ4v) is 3.68. The van der Waals surface area contributed by atoms with Crippen LogP contribution in [0.2, 0.25) is 0 Å². The zero-order valence-electron chi connectivity index (χ0n) is 11.9. The number of nitrogens with zero attached hydrogens (tertiary/aromatic N) is 1. The molecule has 1 aromatic rings. The third-order valence-electron chi connectivity index (χ3n) is 4.63. The third-order valence-corrected chi connectivity index (χ3v) is 4.63. The van der Waals surface area contributed by atoms with E-state index in [9.17, 15) is 14.7 Å². The number of likely N-dealkylation sites (tertiary alicyclic amines) is 1. The topological polar surface area (TPSA) is 69.6 Å². The second kappa shape index (κ2) is 5.76. The first-order valence-electron chi connectivity index (χ1n) is 7.54. The molecule has 0 spiro atoms. The summed E-state index contributed by atoms with van der Waals surface area (Å²) in [5.41, 5.74) is 0.700. The molecule has 3 rings (SSSR count). The zero-order chi connectivity index (χ0) is 14.8. The van der Waals surface area contributed by atoms with Gasteiger partial charge in [0.05, 0.1) is 0 Å². The molecule has 5 nitrogen and oxygen atoms in total. The summed E-state index contributed by atoms with van der Waals surface area (Å²) in [6.07, 6.45) is 4.74. The van der Waals surface area contributed by atoms with Gasteiger partial charge in [-0.2, -0.15) is 0 Å². The fraction of sp³-hybridized carbons (Fsp3) is 0.500. The van der Waals surface area contributed by atoms with E-state index < -0.39 is 12.0 Å². The van der Waals surface area contributed by atoms with Crippen LogP contribution in [0.3, 0.4) is 0 Å². The van der Waals surface area contributed by atoms with E-state index in [1.807, 2.05) is 30.3 Å². The van der Waals surface area contributed by atoms with E-state index in [1.54, 1.807) is 4.90 Å². The molecule has 21 heavy (non-hydrogen) atoms. The summed E-state index contributed by atoms with van der Waals surface area (Å²) in [6, 6.07) is 8.27. The monoisotopic (exact) mass is 288 g/mol. The van der Waals surface area contributed by atoms with Crippen LogP contribution in [0.25, 0.3) is 0 Å². The van der Waals surface area contributed by atoms with E-state index in [-0.39, 0.29) is 12.1 Å². The summed E-state index contributed by atoms with van der Waals surface area (Å²) < 4.78 is 0. The number of anilines is 1. The number of hydrogen-bond acceptors (Lipinski definition) is 2. The summed E-state index contributed by atoms with van der Waals surface area (Å²) in [4.78, 5) is 25.6. The minimum atomic E-state index is -0.896. The van der Waals surface area contributed by atoms with Gasteiger partial charge >= 0.3 is 12.0 Å². The van der Waals surface area contributed by atoms with Crippen molar-refractivity contribution in [3.8, 4) is 0 Å². The van der Waals surface area contributed by atoms with Crippen LogP contribution in [0.1, 0.15) is 32.1 Å². The standard InChI is InChI=1S/C16H20N2O3/c19-15(20)14-10-11-6-4-5-9-13(11)18(14)16(21)17-12-7-2-1-3-8-12/h1-3,7-8,11,13-14H,4-6,9-10H2,(H,17,21)(H,19,20)/t11-,13-,14-/m0/s1. The Labute approximate surface area is 123 Å². The van der Waals surface area contributed by atoms with Gasteiger partial charge in [-0.05, 0) is 37.3 Å². The Bertz CT molecular complexity index is 532. The van der Waals surface area contributed by atoms with Crippen molar-refractivity contribution in [2.24, 2.45) is 5.92 Å². The predicted molar refractivity (Wildman–Crippen MR) is 79.1 cm³/mol. The highest BCUT2D eigenvalue weighted by Gasteiger charge is 2.47. The maximum atomic E-state index is 12.5. The first-order chi connectivity index (χ1) is 10.2. The van der Waals surface area contributed by atoms with Gasteiger partial charge in [-0.15, -0.1) is 0 Å². The number of amides is 2. The number of fused-ring (bicyclic) bond motifs is 1. The van der Waals surface area contributed by atoms with Gasteiger partial charge in [-0.25, -0.2) is 9.59 Å². The van der Waals surface area contributed by atoms with Gasteiger partial charge in [-0.3, -0.25) is 0 Å². The predicted octanol–water partition coefficient (Wildman–Crippen LogP) is 2.94. The van der Waals surface area contributed by atoms with Gasteiger partial charge in [0.15, 0.2) is 0 Å². The smallest absolute Gasteiger partial charge is 0.326 e. The third kappa shape index (κ3) is 2.73. The number of hydrogen-bond donors (Lipinski definition) is 2. The number of urea groups is 1. The molecule has 0 bridgehead atoms. The van der Waals surface area contributed by atoms with E-state index in [0.717, 1.165) is 25.7 Å². The molecule has 1 aliphatic heterocycles. The number of aliphatic carboxylic acids is 1. The Hall–Kier alpha value is -2.04. The van der Waals surface area contributed by atoms with Crippen molar-refractivity contribution in [2.75, 3.05) is 5.32 Å². The number of carbonyl (C=O) groups is 2. The first kappa shape index (κ1) is 13.9. The van der Waals surface area contributed by atoms with Crippen molar-refractivity contribution in [2.45, 2.75) is 44.2 Å². The molecule has 2 N–H and O–H groups in total. The Morgan fingerprint density at radius 2 is 1.86 bits per heavy atom. The van der Waals surface area contributed by atoms with Crippen LogP contribution in [0.5, 0.6) is 0 Å². The van der Waals surface area contributed by atoms with E-state index >= 15 is 0 Å².